The molecule has 0 aliphatic rings. The van der Waals surface area contributed by atoms with Crippen LogP contribution in [0.25, 0.3) is 0 Å². The van der Waals surface area contributed by atoms with Gasteiger partial charge >= 0.3 is 0 Å². The van der Waals surface area contributed by atoms with Gasteiger partial charge in [0.2, 0.25) is 5.75 Å². The van der Waals surface area contributed by atoms with Crippen molar-refractivity contribution in [2.24, 2.45) is 12.9 Å². The largest absolute Gasteiger partial charge is 0.493 e. The minimum atomic E-state index is -0.278. The summed E-state index contributed by atoms with van der Waals surface area (Å²) in [4.78, 5) is 0. The summed E-state index contributed by atoms with van der Waals surface area (Å²) in [7, 11) is 6.57. The van der Waals surface area contributed by atoms with Gasteiger partial charge in [-0.1, -0.05) is 0 Å². The van der Waals surface area contributed by atoms with Crippen LogP contribution in [0, 0.1) is 0 Å². The van der Waals surface area contributed by atoms with Gasteiger partial charge in [-0.2, -0.15) is 5.10 Å². The van der Waals surface area contributed by atoms with E-state index in [4.69, 9.17) is 20.1 Å². The molecule has 7 nitrogen and oxygen atoms in total. The second kappa shape index (κ2) is 6.47. The van der Waals surface area contributed by atoms with E-state index < -0.39 is 0 Å². The first kappa shape index (κ1) is 15.1. The molecular formula is C14H20N4O3. The first-order chi connectivity index (χ1) is 10.1. The molecule has 2 aromatic rings. The number of nitrogens with zero attached hydrogens (tertiary/aromatic N) is 2. The van der Waals surface area contributed by atoms with E-state index in [0.29, 0.717) is 17.2 Å². The topological polar surface area (TPSA) is 83.6 Å². The van der Waals surface area contributed by atoms with Crippen LogP contribution in [-0.4, -0.2) is 31.1 Å². The van der Waals surface area contributed by atoms with Crippen molar-refractivity contribution in [2.45, 2.75) is 6.04 Å². The number of ether oxygens (including phenoxy) is 3. The van der Waals surface area contributed by atoms with Gasteiger partial charge in [-0.25, -0.2) is 5.43 Å². The molecule has 0 bridgehead atoms. The monoisotopic (exact) mass is 292 g/mol. The molecule has 1 atom stereocenters. The zero-order valence-corrected chi connectivity index (χ0v) is 12.6. The predicted molar refractivity (Wildman–Crippen MR) is 78.5 cm³/mol. The second-order valence-electron chi connectivity index (χ2n) is 4.47. The third-order valence-electron chi connectivity index (χ3n) is 3.22. The Balaban J connectivity index is 2.51. The molecule has 3 N–H and O–H groups in total. The number of rotatable bonds is 6. The highest BCUT2D eigenvalue weighted by Crippen LogP contribution is 2.40. The molecule has 0 fully saturated rings. The van der Waals surface area contributed by atoms with Gasteiger partial charge in [-0.3, -0.25) is 10.5 Å². The Morgan fingerprint density at radius 2 is 1.76 bits per heavy atom. The van der Waals surface area contributed by atoms with Crippen LogP contribution in [0.4, 0.5) is 0 Å². The normalized spacial score (nSPS) is 12.0. The van der Waals surface area contributed by atoms with Crippen LogP contribution in [-0.2, 0) is 7.05 Å². The number of nitrogens with one attached hydrogen (secondary N) is 1. The van der Waals surface area contributed by atoms with Crippen molar-refractivity contribution in [3.05, 3.63) is 35.7 Å². The van der Waals surface area contributed by atoms with E-state index in [1.807, 2.05) is 31.4 Å². The summed E-state index contributed by atoms with van der Waals surface area (Å²) in [6.07, 6.45) is 1.86. The van der Waals surface area contributed by atoms with Crippen LogP contribution >= 0.6 is 0 Å². The van der Waals surface area contributed by atoms with Crippen LogP contribution < -0.4 is 25.5 Å². The summed E-state index contributed by atoms with van der Waals surface area (Å²) >= 11 is 0. The van der Waals surface area contributed by atoms with Gasteiger partial charge in [-0.15, -0.1) is 0 Å². The maximum Gasteiger partial charge on any atom is 0.203 e. The van der Waals surface area contributed by atoms with Crippen LogP contribution in [0.2, 0.25) is 0 Å². The number of nitrogens with two attached hydrogens (primary N) is 1. The van der Waals surface area contributed by atoms with Crippen LogP contribution in [0.5, 0.6) is 17.2 Å². The molecule has 2 rings (SSSR count). The minimum absolute atomic E-state index is 0.278. The number of aryl methyl sites for hydroxylation is 1. The quantitative estimate of drug-likeness (QED) is 0.610. The number of hydrogen-bond donors (Lipinski definition) is 2. The maximum absolute atomic E-state index is 5.69. The summed E-state index contributed by atoms with van der Waals surface area (Å²) < 4.78 is 17.7. The molecule has 21 heavy (non-hydrogen) atoms. The van der Waals surface area contributed by atoms with Gasteiger partial charge in [0.15, 0.2) is 11.5 Å². The summed E-state index contributed by atoms with van der Waals surface area (Å²) in [6.45, 7) is 0. The van der Waals surface area contributed by atoms with Crippen molar-refractivity contribution in [1.82, 2.24) is 15.2 Å². The Kier molecular flexibility index (Phi) is 4.66. The molecule has 1 aromatic carbocycles. The van der Waals surface area contributed by atoms with Gasteiger partial charge in [-0.05, 0) is 23.8 Å². The smallest absolute Gasteiger partial charge is 0.203 e. The van der Waals surface area contributed by atoms with Crippen molar-refractivity contribution in [3.8, 4) is 17.2 Å². The molecule has 1 aromatic heterocycles. The lowest BCUT2D eigenvalue weighted by Crippen LogP contribution is -2.29. The maximum atomic E-state index is 5.69. The molecule has 0 amide bonds. The molecule has 1 heterocycles. The number of hydrazine groups is 1. The van der Waals surface area contributed by atoms with Crippen LogP contribution in [0.1, 0.15) is 17.3 Å². The average Bonchev–Trinajstić information content (AvgIpc) is 2.93. The summed E-state index contributed by atoms with van der Waals surface area (Å²) in [5.74, 6) is 7.37. The standard InChI is InChI=1S/C14H20N4O3/c1-18-6-5-10(17-18)13(16-15)9-7-11(19-2)14(21-4)12(8-9)20-3/h5-8,13,16H,15H2,1-4H3. The fraction of sp³-hybridized carbons (Fsp3) is 0.357. The highest BCUT2D eigenvalue weighted by Gasteiger charge is 2.20. The Hall–Kier alpha value is -2.25. The van der Waals surface area contributed by atoms with Gasteiger partial charge in [0, 0.05) is 13.2 Å². The van der Waals surface area contributed by atoms with E-state index in [2.05, 4.69) is 10.5 Å². The molecule has 0 spiro atoms. The first-order valence-electron chi connectivity index (χ1n) is 6.40. The van der Waals surface area contributed by atoms with Crippen LogP contribution in [0.15, 0.2) is 24.4 Å². The van der Waals surface area contributed by atoms with Crippen molar-refractivity contribution >= 4 is 0 Å². The Bertz CT molecular complexity index is 587. The van der Waals surface area contributed by atoms with Gasteiger partial charge in [0.05, 0.1) is 33.1 Å². The van der Waals surface area contributed by atoms with Gasteiger partial charge < -0.3 is 14.2 Å². The zero-order chi connectivity index (χ0) is 15.4. The second-order valence-corrected chi connectivity index (χ2v) is 4.47. The molecule has 0 radical (unpaired) electrons. The number of benzene rings is 1. The van der Waals surface area contributed by atoms with E-state index in [1.165, 1.54) is 0 Å². The lowest BCUT2D eigenvalue weighted by Gasteiger charge is -2.18. The molecule has 7 heteroatoms. The van der Waals surface area contributed by atoms with Crippen molar-refractivity contribution in [2.75, 3.05) is 21.3 Å². The molecule has 0 saturated carbocycles. The molecular weight excluding hydrogens is 272 g/mol. The number of hydrogen-bond acceptors (Lipinski definition) is 6. The highest BCUT2D eigenvalue weighted by molar-refractivity contribution is 5.55. The fourth-order valence-electron chi connectivity index (χ4n) is 2.21. The third-order valence-corrected chi connectivity index (χ3v) is 3.22. The van der Waals surface area contributed by atoms with Crippen molar-refractivity contribution in [1.29, 1.82) is 0 Å². The molecule has 0 aliphatic heterocycles. The van der Waals surface area contributed by atoms with E-state index in [9.17, 15) is 0 Å². The predicted octanol–water partition coefficient (Wildman–Crippen LogP) is 0.999. The average molecular weight is 292 g/mol. The molecule has 0 aliphatic carbocycles. The lowest BCUT2D eigenvalue weighted by atomic mass is 10.0. The van der Waals surface area contributed by atoms with Crippen LogP contribution in [0.3, 0.4) is 0 Å². The third kappa shape index (κ3) is 2.93. The number of aromatic nitrogens is 2. The van der Waals surface area contributed by atoms with E-state index in [1.54, 1.807) is 26.0 Å². The number of methoxy groups -OCH3 is 3. The lowest BCUT2D eigenvalue weighted by molar-refractivity contribution is 0.323. The van der Waals surface area contributed by atoms with E-state index in [0.717, 1.165) is 11.3 Å². The molecule has 1 unspecified atom stereocenters. The summed E-state index contributed by atoms with van der Waals surface area (Å²) in [5, 5.41) is 4.37. The Morgan fingerprint density at radius 1 is 1.14 bits per heavy atom. The zero-order valence-electron chi connectivity index (χ0n) is 12.6. The van der Waals surface area contributed by atoms with Gasteiger partial charge in [0.1, 0.15) is 0 Å². The van der Waals surface area contributed by atoms with Crippen molar-refractivity contribution < 1.29 is 14.2 Å². The Labute approximate surface area is 123 Å². The SMILES string of the molecule is COc1cc(C(NN)c2ccn(C)n2)cc(OC)c1OC. The molecule has 0 saturated heterocycles. The van der Waals surface area contributed by atoms with E-state index >= 15 is 0 Å². The fourth-order valence-corrected chi connectivity index (χ4v) is 2.21. The first-order valence-corrected chi connectivity index (χ1v) is 6.40. The Morgan fingerprint density at radius 3 is 2.14 bits per heavy atom. The minimum Gasteiger partial charge on any atom is -0.493 e. The highest BCUT2D eigenvalue weighted by atomic mass is 16.5. The summed E-state index contributed by atoms with van der Waals surface area (Å²) in [6, 6.07) is 5.31. The summed E-state index contributed by atoms with van der Waals surface area (Å²) in [5.41, 5.74) is 4.43. The molecule has 114 valence electrons. The van der Waals surface area contributed by atoms with Gasteiger partial charge in [0.25, 0.3) is 0 Å². The van der Waals surface area contributed by atoms with Crippen molar-refractivity contribution in [3.63, 3.8) is 0 Å². The van der Waals surface area contributed by atoms with E-state index in [-0.39, 0.29) is 6.04 Å².